The Balaban J connectivity index is 2.68. The molecule has 1 rings (SSSR count). The van der Waals surface area contributed by atoms with Crippen LogP contribution in [0, 0.1) is 12.7 Å². The highest BCUT2D eigenvalue weighted by Crippen LogP contribution is 2.13. The van der Waals surface area contributed by atoms with Gasteiger partial charge in [-0.1, -0.05) is 0 Å². The first-order valence-electron chi connectivity index (χ1n) is 4.44. The minimum absolute atomic E-state index is 0.204. The molecule has 0 amide bonds. The fourth-order valence-electron chi connectivity index (χ4n) is 1.06. The maximum Gasteiger partial charge on any atom is 0.170 e. The van der Waals surface area contributed by atoms with Gasteiger partial charge in [0.25, 0.3) is 0 Å². The van der Waals surface area contributed by atoms with Crippen LogP contribution in [0.4, 0.5) is 10.1 Å². The van der Waals surface area contributed by atoms with Crippen molar-refractivity contribution in [2.75, 3.05) is 11.9 Å². The highest BCUT2D eigenvalue weighted by Gasteiger charge is 1.99. The summed E-state index contributed by atoms with van der Waals surface area (Å²) in [5.74, 6) is -0.204. The molecule has 1 aromatic rings. The summed E-state index contributed by atoms with van der Waals surface area (Å²) >= 11 is 5.00. The first-order valence-corrected chi connectivity index (χ1v) is 4.85. The van der Waals surface area contributed by atoms with Gasteiger partial charge in [-0.25, -0.2) is 4.39 Å². The molecule has 0 aliphatic rings. The summed E-state index contributed by atoms with van der Waals surface area (Å²) in [7, 11) is 0. The summed E-state index contributed by atoms with van der Waals surface area (Å²) in [6.45, 7) is 4.45. The van der Waals surface area contributed by atoms with E-state index in [9.17, 15) is 4.39 Å². The van der Waals surface area contributed by atoms with E-state index in [1.807, 2.05) is 6.92 Å². The third kappa shape index (κ3) is 2.96. The molecule has 0 unspecified atom stereocenters. The van der Waals surface area contributed by atoms with Crippen LogP contribution in [-0.2, 0) is 0 Å². The summed E-state index contributed by atoms with van der Waals surface area (Å²) in [6.07, 6.45) is 0. The van der Waals surface area contributed by atoms with Gasteiger partial charge in [0, 0.05) is 12.2 Å². The van der Waals surface area contributed by atoms with Gasteiger partial charge >= 0.3 is 0 Å². The van der Waals surface area contributed by atoms with Gasteiger partial charge in [0.15, 0.2) is 5.11 Å². The Labute approximate surface area is 88.5 Å². The fourth-order valence-corrected chi connectivity index (χ4v) is 1.32. The lowest BCUT2D eigenvalue weighted by Crippen LogP contribution is -2.27. The van der Waals surface area contributed by atoms with Crippen molar-refractivity contribution in [2.45, 2.75) is 13.8 Å². The molecule has 1 aromatic carbocycles. The summed E-state index contributed by atoms with van der Waals surface area (Å²) < 4.78 is 12.9. The van der Waals surface area contributed by atoms with Crippen LogP contribution in [0.15, 0.2) is 18.2 Å². The molecular formula is C10H13FN2S. The number of anilines is 1. The standard InChI is InChI=1S/C10H13FN2S/c1-3-12-10(14)13-8-4-5-9(11)7(2)6-8/h4-6H,3H2,1-2H3,(H2,12,13,14). The van der Waals surface area contributed by atoms with Gasteiger partial charge in [0.1, 0.15) is 5.82 Å². The Morgan fingerprint density at radius 1 is 1.50 bits per heavy atom. The number of rotatable bonds is 2. The zero-order chi connectivity index (χ0) is 10.6. The molecule has 0 spiro atoms. The normalized spacial score (nSPS) is 9.64. The van der Waals surface area contributed by atoms with Crippen molar-refractivity contribution < 1.29 is 4.39 Å². The smallest absolute Gasteiger partial charge is 0.170 e. The van der Waals surface area contributed by atoms with Gasteiger partial charge in [-0.2, -0.15) is 0 Å². The van der Waals surface area contributed by atoms with Gasteiger partial charge < -0.3 is 10.6 Å². The predicted molar refractivity (Wildman–Crippen MR) is 61.0 cm³/mol. The maximum atomic E-state index is 12.9. The Morgan fingerprint density at radius 2 is 2.21 bits per heavy atom. The monoisotopic (exact) mass is 212 g/mol. The Morgan fingerprint density at radius 3 is 2.79 bits per heavy atom. The first-order chi connectivity index (χ1) is 6.63. The number of hydrogen-bond acceptors (Lipinski definition) is 1. The molecule has 0 heterocycles. The van der Waals surface area contributed by atoms with Crippen molar-refractivity contribution in [2.24, 2.45) is 0 Å². The SMILES string of the molecule is CCNC(=S)Nc1ccc(F)c(C)c1. The molecule has 0 aromatic heterocycles. The minimum Gasteiger partial charge on any atom is -0.363 e. The Bertz CT molecular complexity index is 339. The van der Waals surface area contributed by atoms with Crippen molar-refractivity contribution in [3.05, 3.63) is 29.6 Å². The van der Waals surface area contributed by atoms with Gasteiger partial charge in [-0.05, 0) is 49.8 Å². The van der Waals surface area contributed by atoms with Crippen LogP contribution in [-0.4, -0.2) is 11.7 Å². The molecule has 0 saturated heterocycles. The van der Waals surface area contributed by atoms with Gasteiger partial charge in [-0.3, -0.25) is 0 Å². The zero-order valence-corrected chi connectivity index (χ0v) is 9.04. The van der Waals surface area contributed by atoms with Crippen LogP contribution in [0.25, 0.3) is 0 Å². The third-order valence-corrected chi connectivity index (χ3v) is 2.00. The minimum atomic E-state index is -0.204. The summed E-state index contributed by atoms with van der Waals surface area (Å²) in [5.41, 5.74) is 1.41. The fraction of sp³-hybridized carbons (Fsp3) is 0.300. The molecule has 0 aliphatic carbocycles. The van der Waals surface area contributed by atoms with E-state index >= 15 is 0 Å². The molecule has 4 heteroatoms. The highest BCUT2D eigenvalue weighted by atomic mass is 32.1. The van der Waals surface area contributed by atoms with Crippen LogP contribution in [0.2, 0.25) is 0 Å². The molecular weight excluding hydrogens is 199 g/mol. The Hall–Kier alpha value is -1.16. The number of thiocarbonyl (C=S) groups is 1. The highest BCUT2D eigenvalue weighted by molar-refractivity contribution is 7.80. The molecule has 0 fully saturated rings. The van der Waals surface area contributed by atoms with Crippen LogP contribution in [0.3, 0.4) is 0 Å². The van der Waals surface area contributed by atoms with E-state index in [1.54, 1.807) is 19.1 Å². The lowest BCUT2D eigenvalue weighted by atomic mass is 10.2. The van der Waals surface area contributed by atoms with Crippen LogP contribution >= 0.6 is 12.2 Å². The van der Waals surface area contributed by atoms with Crippen LogP contribution < -0.4 is 10.6 Å². The van der Waals surface area contributed by atoms with Crippen LogP contribution in [0.1, 0.15) is 12.5 Å². The number of benzene rings is 1. The van der Waals surface area contributed by atoms with Crippen molar-refractivity contribution in [3.8, 4) is 0 Å². The summed E-state index contributed by atoms with van der Waals surface area (Å²) in [6, 6.07) is 4.80. The number of halogens is 1. The van der Waals surface area contributed by atoms with E-state index in [-0.39, 0.29) is 5.82 Å². The molecule has 0 atom stereocenters. The largest absolute Gasteiger partial charge is 0.363 e. The summed E-state index contributed by atoms with van der Waals surface area (Å²) in [5, 5.41) is 6.47. The van der Waals surface area contributed by atoms with E-state index in [0.29, 0.717) is 10.7 Å². The summed E-state index contributed by atoms with van der Waals surface area (Å²) in [4.78, 5) is 0. The quantitative estimate of drug-likeness (QED) is 0.736. The molecule has 0 bridgehead atoms. The van der Waals surface area contributed by atoms with Crippen molar-refractivity contribution in [1.82, 2.24) is 5.32 Å². The number of nitrogens with one attached hydrogen (secondary N) is 2. The lowest BCUT2D eigenvalue weighted by molar-refractivity contribution is 0.619. The lowest BCUT2D eigenvalue weighted by Gasteiger charge is -2.09. The van der Waals surface area contributed by atoms with Gasteiger partial charge in [-0.15, -0.1) is 0 Å². The Kier molecular flexibility index (Phi) is 3.83. The molecule has 2 nitrogen and oxygen atoms in total. The second-order valence-corrected chi connectivity index (χ2v) is 3.36. The van der Waals surface area contributed by atoms with Crippen molar-refractivity contribution >= 4 is 23.0 Å². The average molecular weight is 212 g/mol. The van der Waals surface area contributed by atoms with Gasteiger partial charge in [0.05, 0.1) is 0 Å². The molecule has 14 heavy (non-hydrogen) atoms. The number of hydrogen-bond donors (Lipinski definition) is 2. The molecule has 2 N–H and O–H groups in total. The van der Waals surface area contributed by atoms with E-state index in [2.05, 4.69) is 10.6 Å². The molecule has 0 aliphatic heterocycles. The topological polar surface area (TPSA) is 24.1 Å². The molecule has 0 saturated carbocycles. The molecule has 76 valence electrons. The molecule has 0 radical (unpaired) electrons. The van der Waals surface area contributed by atoms with Crippen molar-refractivity contribution in [1.29, 1.82) is 0 Å². The van der Waals surface area contributed by atoms with Crippen LogP contribution in [0.5, 0.6) is 0 Å². The third-order valence-electron chi connectivity index (χ3n) is 1.75. The van der Waals surface area contributed by atoms with Crippen molar-refractivity contribution in [3.63, 3.8) is 0 Å². The maximum absolute atomic E-state index is 12.9. The zero-order valence-electron chi connectivity index (χ0n) is 8.23. The second kappa shape index (κ2) is 4.91. The van der Waals surface area contributed by atoms with E-state index in [0.717, 1.165) is 12.2 Å². The average Bonchev–Trinajstić information content (AvgIpc) is 2.12. The second-order valence-electron chi connectivity index (χ2n) is 2.95. The van der Waals surface area contributed by atoms with E-state index in [4.69, 9.17) is 12.2 Å². The van der Waals surface area contributed by atoms with E-state index < -0.39 is 0 Å². The number of aryl methyl sites for hydroxylation is 1. The predicted octanol–water partition coefficient (Wildman–Crippen LogP) is 2.44. The first kappa shape index (κ1) is 10.9. The van der Waals surface area contributed by atoms with E-state index in [1.165, 1.54) is 6.07 Å². The van der Waals surface area contributed by atoms with Gasteiger partial charge in [0.2, 0.25) is 0 Å².